The summed E-state index contributed by atoms with van der Waals surface area (Å²) in [6.07, 6.45) is 8.82. The van der Waals surface area contributed by atoms with Crippen LogP contribution < -0.4 is 11.1 Å². The van der Waals surface area contributed by atoms with E-state index in [9.17, 15) is 4.79 Å². The predicted octanol–water partition coefficient (Wildman–Crippen LogP) is 1.49. The van der Waals surface area contributed by atoms with E-state index >= 15 is 0 Å². The largest absolute Gasteiger partial charge is 0.368 e. The normalized spacial score (nSPS) is 25.7. The highest BCUT2D eigenvalue weighted by molar-refractivity contribution is 5.84. The molecule has 3 aliphatic carbocycles. The Bertz CT molecular complexity index is 347. The van der Waals surface area contributed by atoms with Gasteiger partial charge in [-0.2, -0.15) is 0 Å². The molecule has 1 unspecified atom stereocenters. The SMILES string of the molecule is CC(CCN(CC1CC1)CC1CC1)(NC1CC1)C(N)=O. The monoisotopic (exact) mass is 279 g/mol. The van der Waals surface area contributed by atoms with Crippen LogP contribution in [0.3, 0.4) is 0 Å². The number of nitrogens with zero attached hydrogens (tertiary/aromatic N) is 1. The summed E-state index contributed by atoms with van der Waals surface area (Å²) in [7, 11) is 0. The van der Waals surface area contributed by atoms with Crippen molar-refractivity contribution >= 4 is 5.91 Å². The third kappa shape index (κ3) is 4.19. The lowest BCUT2D eigenvalue weighted by atomic mass is 9.96. The van der Waals surface area contributed by atoms with Gasteiger partial charge in [-0.3, -0.25) is 4.79 Å². The molecule has 0 heterocycles. The molecule has 3 aliphatic rings. The van der Waals surface area contributed by atoms with Gasteiger partial charge in [0.1, 0.15) is 0 Å². The summed E-state index contributed by atoms with van der Waals surface area (Å²) in [4.78, 5) is 14.4. The molecule has 4 heteroatoms. The molecule has 4 nitrogen and oxygen atoms in total. The maximum atomic E-state index is 11.8. The highest BCUT2D eigenvalue weighted by Gasteiger charge is 2.38. The van der Waals surface area contributed by atoms with Gasteiger partial charge in [0.05, 0.1) is 5.54 Å². The molecule has 20 heavy (non-hydrogen) atoms. The second kappa shape index (κ2) is 5.64. The number of carbonyl (C=O) groups excluding carboxylic acids is 1. The van der Waals surface area contributed by atoms with Crippen LogP contribution in [0.15, 0.2) is 0 Å². The maximum absolute atomic E-state index is 11.8. The van der Waals surface area contributed by atoms with Crippen molar-refractivity contribution in [2.75, 3.05) is 19.6 Å². The Hall–Kier alpha value is -0.610. The number of hydrogen-bond acceptors (Lipinski definition) is 3. The summed E-state index contributed by atoms with van der Waals surface area (Å²) < 4.78 is 0. The zero-order valence-electron chi connectivity index (χ0n) is 12.7. The topological polar surface area (TPSA) is 58.4 Å². The molecule has 3 N–H and O–H groups in total. The van der Waals surface area contributed by atoms with E-state index < -0.39 is 5.54 Å². The number of amides is 1. The van der Waals surface area contributed by atoms with Crippen LogP contribution in [-0.2, 0) is 4.79 Å². The second-order valence-electron chi connectivity index (χ2n) is 7.51. The number of rotatable bonds is 10. The van der Waals surface area contributed by atoms with Gasteiger partial charge in [-0.25, -0.2) is 0 Å². The van der Waals surface area contributed by atoms with Crippen LogP contribution in [0, 0.1) is 11.8 Å². The molecule has 0 aromatic carbocycles. The summed E-state index contributed by atoms with van der Waals surface area (Å²) in [6, 6.07) is 0.521. The van der Waals surface area contributed by atoms with Crippen molar-refractivity contribution in [3.63, 3.8) is 0 Å². The minimum atomic E-state index is -0.521. The number of hydrogen-bond donors (Lipinski definition) is 2. The molecule has 1 atom stereocenters. The fraction of sp³-hybridized carbons (Fsp3) is 0.938. The van der Waals surface area contributed by atoms with Crippen LogP contribution in [0.25, 0.3) is 0 Å². The van der Waals surface area contributed by atoms with E-state index in [0.717, 1.165) is 24.8 Å². The number of nitrogens with one attached hydrogen (secondary N) is 1. The molecular weight excluding hydrogens is 250 g/mol. The Balaban J connectivity index is 1.50. The van der Waals surface area contributed by atoms with Crippen LogP contribution in [0.5, 0.6) is 0 Å². The number of carbonyl (C=O) groups is 1. The molecule has 0 spiro atoms. The summed E-state index contributed by atoms with van der Waals surface area (Å²) in [5.41, 5.74) is 5.12. The zero-order chi connectivity index (χ0) is 14.2. The fourth-order valence-electron chi connectivity index (χ4n) is 2.91. The Morgan fingerprint density at radius 1 is 1.15 bits per heavy atom. The first-order valence-corrected chi connectivity index (χ1v) is 8.35. The molecule has 1 amide bonds. The van der Waals surface area contributed by atoms with E-state index in [2.05, 4.69) is 10.2 Å². The Morgan fingerprint density at radius 2 is 1.70 bits per heavy atom. The van der Waals surface area contributed by atoms with Crippen molar-refractivity contribution in [3.8, 4) is 0 Å². The summed E-state index contributed by atoms with van der Waals surface area (Å²) >= 11 is 0. The van der Waals surface area contributed by atoms with E-state index in [-0.39, 0.29) is 5.91 Å². The molecular formula is C16H29N3O. The first kappa shape index (κ1) is 14.3. The fourth-order valence-corrected chi connectivity index (χ4v) is 2.91. The van der Waals surface area contributed by atoms with E-state index in [0.29, 0.717) is 6.04 Å². The second-order valence-corrected chi connectivity index (χ2v) is 7.51. The minimum absolute atomic E-state index is 0.192. The van der Waals surface area contributed by atoms with E-state index in [1.54, 1.807) is 0 Å². The van der Waals surface area contributed by atoms with Crippen molar-refractivity contribution in [2.45, 2.75) is 63.5 Å². The molecule has 0 aromatic heterocycles. The Labute approximate surface area is 122 Å². The van der Waals surface area contributed by atoms with Crippen molar-refractivity contribution in [3.05, 3.63) is 0 Å². The molecule has 0 aliphatic heterocycles. The summed E-state index contributed by atoms with van der Waals surface area (Å²) in [5, 5.41) is 3.46. The molecule has 0 saturated heterocycles. The first-order valence-electron chi connectivity index (χ1n) is 8.35. The molecule has 3 fully saturated rings. The third-order valence-electron chi connectivity index (χ3n) is 5.00. The highest BCUT2D eigenvalue weighted by atomic mass is 16.1. The predicted molar refractivity (Wildman–Crippen MR) is 80.3 cm³/mol. The van der Waals surface area contributed by atoms with Gasteiger partial charge < -0.3 is 16.0 Å². The molecule has 3 rings (SSSR count). The van der Waals surface area contributed by atoms with Gasteiger partial charge in [-0.05, 0) is 63.7 Å². The van der Waals surface area contributed by atoms with Crippen LogP contribution in [-0.4, -0.2) is 42.0 Å². The molecule has 3 saturated carbocycles. The van der Waals surface area contributed by atoms with Crippen molar-refractivity contribution < 1.29 is 4.79 Å². The van der Waals surface area contributed by atoms with Crippen LogP contribution in [0.2, 0.25) is 0 Å². The van der Waals surface area contributed by atoms with Crippen molar-refractivity contribution in [1.82, 2.24) is 10.2 Å². The summed E-state index contributed by atoms with van der Waals surface area (Å²) in [6.45, 7) is 5.45. The lowest BCUT2D eigenvalue weighted by molar-refractivity contribution is -0.124. The molecule has 0 radical (unpaired) electrons. The molecule has 0 bridgehead atoms. The van der Waals surface area contributed by atoms with Crippen LogP contribution in [0.4, 0.5) is 0 Å². The first-order chi connectivity index (χ1) is 9.55. The average molecular weight is 279 g/mol. The van der Waals surface area contributed by atoms with Gasteiger partial charge in [0.2, 0.25) is 5.91 Å². The standard InChI is InChI=1S/C16H29N3O/c1-16(15(17)20,18-14-6-7-14)8-9-19(10-12-2-3-12)11-13-4-5-13/h12-14,18H,2-11H2,1H3,(H2,17,20). The van der Waals surface area contributed by atoms with Crippen molar-refractivity contribution in [2.24, 2.45) is 17.6 Å². The Kier molecular flexibility index (Phi) is 4.04. The van der Waals surface area contributed by atoms with Gasteiger partial charge >= 0.3 is 0 Å². The molecule has 114 valence electrons. The van der Waals surface area contributed by atoms with Gasteiger partial charge in [-0.15, -0.1) is 0 Å². The lowest BCUT2D eigenvalue weighted by Gasteiger charge is -2.31. The molecule has 0 aromatic rings. The smallest absolute Gasteiger partial charge is 0.237 e. The van der Waals surface area contributed by atoms with E-state index in [4.69, 9.17) is 5.73 Å². The lowest BCUT2D eigenvalue weighted by Crippen LogP contribution is -2.55. The number of primary amides is 1. The van der Waals surface area contributed by atoms with E-state index in [1.165, 1.54) is 51.6 Å². The van der Waals surface area contributed by atoms with Gasteiger partial charge in [0.25, 0.3) is 0 Å². The summed E-state index contributed by atoms with van der Waals surface area (Å²) in [5.74, 6) is 1.65. The van der Waals surface area contributed by atoms with E-state index in [1.807, 2.05) is 6.92 Å². The third-order valence-corrected chi connectivity index (χ3v) is 5.00. The van der Waals surface area contributed by atoms with Crippen molar-refractivity contribution in [1.29, 1.82) is 0 Å². The highest BCUT2D eigenvalue weighted by Crippen LogP contribution is 2.34. The maximum Gasteiger partial charge on any atom is 0.237 e. The van der Waals surface area contributed by atoms with Gasteiger partial charge in [-0.1, -0.05) is 0 Å². The van der Waals surface area contributed by atoms with Gasteiger partial charge in [0.15, 0.2) is 0 Å². The van der Waals surface area contributed by atoms with Crippen LogP contribution >= 0.6 is 0 Å². The average Bonchev–Trinajstić information content (AvgIpc) is 3.22. The minimum Gasteiger partial charge on any atom is -0.368 e. The van der Waals surface area contributed by atoms with Gasteiger partial charge in [0, 0.05) is 25.7 Å². The van der Waals surface area contributed by atoms with Crippen LogP contribution in [0.1, 0.15) is 51.9 Å². The number of nitrogens with two attached hydrogens (primary N) is 1. The quantitative estimate of drug-likeness (QED) is 0.637. The Morgan fingerprint density at radius 3 is 2.10 bits per heavy atom. The zero-order valence-corrected chi connectivity index (χ0v) is 12.7.